The molecule has 1 aliphatic heterocycles. The summed E-state index contributed by atoms with van der Waals surface area (Å²) in [5.74, 6) is 0.910. The normalized spacial score (nSPS) is 29.3. The number of piperidine rings is 1. The lowest BCUT2D eigenvalue weighted by atomic mass is 9.84. The highest BCUT2D eigenvalue weighted by molar-refractivity contribution is 5.77. The number of aliphatic hydroxyl groups excluding tert-OH is 1. The van der Waals surface area contributed by atoms with Gasteiger partial charge in [-0.25, -0.2) is 0 Å². The van der Waals surface area contributed by atoms with Gasteiger partial charge in [-0.1, -0.05) is 19.3 Å². The van der Waals surface area contributed by atoms with Gasteiger partial charge in [0, 0.05) is 18.5 Å². The first-order valence-corrected chi connectivity index (χ1v) is 7.47. The van der Waals surface area contributed by atoms with Gasteiger partial charge >= 0.3 is 0 Å². The third-order valence-corrected chi connectivity index (χ3v) is 4.64. The van der Waals surface area contributed by atoms with E-state index >= 15 is 0 Å². The third-order valence-electron chi connectivity index (χ3n) is 4.64. The monoisotopic (exact) mass is 253 g/mol. The second-order valence-electron chi connectivity index (χ2n) is 6.71. The van der Waals surface area contributed by atoms with E-state index in [1.54, 1.807) is 0 Å². The quantitative estimate of drug-likeness (QED) is 0.822. The van der Waals surface area contributed by atoms with Crippen molar-refractivity contribution in [2.45, 2.75) is 76.9 Å². The van der Waals surface area contributed by atoms with Gasteiger partial charge in [-0.15, -0.1) is 0 Å². The highest BCUT2D eigenvalue weighted by Crippen LogP contribution is 2.31. The Morgan fingerprint density at radius 1 is 1.22 bits per heavy atom. The fourth-order valence-corrected chi connectivity index (χ4v) is 3.58. The molecule has 1 aliphatic carbocycles. The lowest BCUT2D eigenvalue weighted by Crippen LogP contribution is -2.54. The zero-order valence-electron chi connectivity index (χ0n) is 11.8. The number of nitrogens with zero attached hydrogens (tertiary/aromatic N) is 1. The maximum absolute atomic E-state index is 12.4. The summed E-state index contributed by atoms with van der Waals surface area (Å²) in [7, 11) is 0. The molecular weight excluding hydrogens is 226 g/mol. The Balaban J connectivity index is 1.91. The van der Waals surface area contributed by atoms with E-state index < -0.39 is 0 Å². The summed E-state index contributed by atoms with van der Waals surface area (Å²) in [5, 5.41) is 9.73. The molecule has 1 N–H and O–H groups in total. The Kier molecular flexibility index (Phi) is 4.31. The SMILES string of the molecule is CC1(C)CC(O)CCN1C(=O)CC1CCCCC1. The molecule has 0 spiro atoms. The maximum Gasteiger partial charge on any atom is 0.223 e. The van der Waals surface area contributed by atoms with Crippen molar-refractivity contribution in [1.29, 1.82) is 0 Å². The van der Waals surface area contributed by atoms with E-state index in [0.717, 1.165) is 19.4 Å². The van der Waals surface area contributed by atoms with E-state index in [9.17, 15) is 9.90 Å². The number of likely N-dealkylation sites (tertiary alicyclic amines) is 1. The van der Waals surface area contributed by atoms with Crippen LogP contribution < -0.4 is 0 Å². The first-order valence-electron chi connectivity index (χ1n) is 7.47. The predicted molar refractivity (Wildman–Crippen MR) is 72.2 cm³/mol. The lowest BCUT2D eigenvalue weighted by molar-refractivity contribution is -0.142. The van der Waals surface area contributed by atoms with Crippen LogP contribution in [0, 0.1) is 5.92 Å². The maximum atomic E-state index is 12.4. The number of hydrogen-bond donors (Lipinski definition) is 1. The van der Waals surface area contributed by atoms with Crippen LogP contribution in [0.2, 0.25) is 0 Å². The highest BCUT2D eigenvalue weighted by Gasteiger charge is 2.37. The van der Waals surface area contributed by atoms with Gasteiger partial charge in [0.05, 0.1) is 6.10 Å². The molecule has 1 saturated heterocycles. The number of amides is 1. The highest BCUT2D eigenvalue weighted by atomic mass is 16.3. The van der Waals surface area contributed by atoms with Crippen LogP contribution in [0.4, 0.5) is 0 Å². The first-order chi connectivity index (χ1) is 8.49. The summed E-state index contributed by atoms with van der Waals surface area (Å²) in [6, 6.07) is 0. The van der Waals surface area contributed by atoms with E-state index in [0.29, 0.717) is 18.2 Å². The van der Waals surface area contributed by atoms with Gasteiger partial charge in [0.15, 0.2) is 0 Å². The Hall–Kier alpha value is -0.570. The van der Waals surface area contributed by atoms with Gasteiger partial charge in [0.2, 0.25) is 5.91 Å². The van der Waals surface area contributed by atoms with E-state index in [-0.39, 0.29) is 11.6 Å². The van der Waals surface area contributed by atoms with Crippen LogP contribution in [0.3, 0.4) is 0 Å². The van der Waals surface area contributed by atoms with E-state index in [2.05, 4.69) is 13.8 Å². The van der Waals surface area contributed by atoms with Gasteiger partial charge in [0.25, 0.3) is 0 Å². The summed E-state index contributed by atoms with van der Waals surface area (Å²) in [5.41, 5.74) is -0.177. The molecule has 0 aromatic heterocycles. The van der Waals surface area contributed by atoms with Gasteiger partial charge < -0.3 is 10.0 Å². The van der Waals surface area contributed by atoms with Crippen molar-refractivity contribution < 1.29 is 9.90 Å². The minimum atomic E-state index is -0.237. The van der Waals surface area contributed by atoms with Crippen molar-refractivity contribution in [1.82, 2.24) is 4.90 Å². The summed E-state index contributed by atoms with van der Waals surface area (Å²) < 4.78 is 0. The molecule has 1 amide bonds. The van der Waals surface area contributed by atoms with Crippen molar-refractivity contribution >= 4 is 5.91 Å². The molecule has 1 unspecified atom stereocenters. The number of aliphatic hydroxyl groups is 1. The smallest absolute Gasteiger partial charge is 0.223 e. The van der Waals surface area contributed by atoms with E-state index in [4.69, 9.17) is 0 Å². The fraction of sp³-hybridized carbons (Fsp3) is 0.933. The predicted octanol–water partition coefficient (Wildman–Crippen LogP) is 2.72. The molecule has 104 valence electrons. The average Bonchev–Trinajstić information content (AvgIpc) is 2.28. The molecule has 0 radical (unpaired) electrons. The largest absolute Gasteiger partial charge is 0.393 e. The second kappa shape index (κ2) is 5.60. The molecule has 1 atom stereocenters. The molecule has 2 fully saturated rings. The molecule has 2 aliphatic rings. The van der Waals surface area contributed by atoms with E-state index in [1.807, 2.05) is 4.90 Å². The summed E-state index contributed by atoms with van der Waals surface area (Å²) in [6.45, 7) is 4.88. The molecule has 0 aromatic rings. The summed E-state index contributed by atoms with van der Waals surface area (Å²) in [6.07, 6.45) is 8.30. The molecule has 3 nitrogen and oxygen atoms in total. The topological polar surface area (TPSA) is 40.5 Å². The number of rotatable bonds is 2. The van der Waals surface area contributed by atoms with Crippen molar-refractivity contribution in [2.24, 2.45) is 5.92 Å². The minimum absolute atomic E-state index is 0.177. The van der Waals surface area contributed by atoms with Gasteiger partial charge in [-0.05, 0) is 45.4 Å². The van der Waals surface area contributed by atoms with Gasteiger partial charge in [-0.2, -0.15) is 0 Å². The molecular formula is C15H27NO2. The van der Waals surface area contributed by atoms with Crippen LogP contribution in [0.1, 0.15) is 65.2 Å². The molecule has 3 heteroatoms. The van der Waals surface area contributed by atoms with Crippen LogP contribution in [-0.2, 0) is 4.79 Å². The molecule has 0 aromatic carbocycles. The second-order valence-corrected chi connectivity index (χ2v) is 6.71. The van der Waals surface area contributed by atoms with Gasteiger partial charge in [-0.3, -0.25) is 4.79 Å². The fourth-order valence-electron chi connectivity index (χ4n) is 3.58. The van der Waals surface area contributed by atoms with Crippen molar-refractivity contribution in [2.75, 3.05) is 6.54 Å². The van der Waals surface area contributed by atoms with Crippen LogP contribution in [0.15, 0.2) is 0 Å². The molecule has 18 heavy (non-hydrogen) atoms. The number of carbonyl (C=O) groups is 1. The standard InChI is InChI=1S/C15H27NO2/c1-15(2)11-13(17)8-9-16(15)14(18)10-12-6-4-3-5-7-12/h12-13,17H,3-11H2,1-2H3. The molecule has 0 bridgehead atoms. The van der Waals surface area contributed by atoms with Crippen molar-refractivity contribution in [3.63, 3.8) is 0 Å². The van der Waals surface area contributed by atoms with Gasteiger partial charge in [0.1, 0.15) is 0 Å². The molecule has 2 rings (SSSR count). The Morgan fingerprint density at radius 2 is 1.89 bits per heavy atom. The average molecular weight is 253 g/mol. The van der Waals surface area contributed by atoms with Crippen LogP contribution in [-0.4, -0.2) is 34.1 Å². The van der Waals surface area contributed by atoms with Crippen LogP contribution in [0.5, 0.6) is 0 Å². The zero-order valence-corrected chi connectivity index (χ0v) is 11.8. The Bertz CT molecular complexity index is 295. The number of carbonyl (C=O) groups excluding carboxylic acids is 1. The Labute approximate surface area is 111 Å². The number of hydrogen-bond acceptors (Lipinski definition) is 2. The first kappa shape index (κ1) is 13.9. The molecule has 1 heterocycles. The van der Waals surface area contributed by atoms with Crippen molar-refractivity contribution in [3.8, 4) is 0 Å². The van der Waals surface area contributed by atoms with Crippen LogP contribution >= 0.6 is 0 Å². The Morgan fingerprint density at radius 3 is 2.50 bits per heavy atom. The van der Waals surface area contributed by atoms with E-state index in [1.165, 1.54) is 32.1 Å². The summed E-state index contributed by atoms with van der Waals surface area (Å²) >= 11 is 0. The zero-order chi connectivity index (χ0) is 13.2. The van der Waals surface area contributed by atoms with Crippen molar-refractivity contribution in [3.05, 3.63) is 0 Å². The van der Waals surface area contributed by atoms with Crippen LogP contribution in [0.25, 0.3) is 0 Å². The summed E-state index contributed by atoms with van der Waals surface area (Å²) in [4.78, 5) is 14.4. The lowest BCUT2D eigenvalue weighted by Gasteiger charge is -2.45. The molecule has 1 saturated carbocycles. The minimum Gasteiger partial charge on any atom is -0.393 e. The third kappa shape index (κ3) is 3.25.